The molecule has 1 aliphatic rings. The van der Waals surface area contributed by atoms with E-state index in [0.29, 0.717) is 40.3 Å². The monoisotopic (exact) mass is 413 g/mol. The molecule has 1 aromatic heterocycles. The van der Waals surface area contributed by atoms with E-state index in [0.717, 1.165) is 6.42 Å². The molecule has 0 amide bonds. The number of aliphatic hydroxyl groups is 1. The highest BCUT2D eigenvalue weighted by atomic mass is 35.5. The molecular weight excluding hydrogens is 393 g/mol. The predicted molar refractivity (Wildman–Crippen MR) is 104 cm³/mol. The molecule has 0 bridgehead atoms. The van der Waals surface area contributed by atoms with E-state index in [2.05, 4.69) is 15.2 Å². The van der Waals surface area contributed by atoms with Crippen molar-refractivity contribution in [2.75, 3.05) is 44.0 Å². The first kappa shape index (κ1) is 20.0. The van der Waals surface area contributed by atoms with Gasteiger partial charge in [0.05, 0.1) is 29.4 Å². The Kier molecular flexibility index (Phi) is 6.67. The second-order valence-electron chi connectivity index (χ2n) is 6.25. The van der Waals surface area contributed by atoms with Crippen LogP contribution in [0.3, 0.4) is 0 Å². The zero-order valence-corrected chi connectivity index (χ0v) is 16.3. The van der Waals surface area contributed by atoms with Gasteiger partial charge in [-0.3, -0.25) is 0 Å². The fourth-order valence-corrected chi connectivity index (χ4v) is 3.27. The molecule has 1 aromatic carbocycles. The Hall–Kier alpha value is -1.71. The summed E-state index contributed by atoms with van der Waals surface area (Å²) in [5.74, 6) is 0.655. The summed E-state index contributed by atoms with van der Waals surface area (Å²) in [7, 11) is 1.54. The van der Waals surface area contributed by atoms with Crippen LogP contribution in [0.2, 0.25) is 10.0 Å². The molecule has 2 heterocycles. The van der Waals surface area contributed by atoms with Gasteiger partial charge < -0.3 is 25.2 Å². The summed E-state index contributed by atoms with van der Waals surface area (Å²) < 4.78 is 10.6. The molecule has 3 rings (SSSR count). The summed E-state index contributed by atoms with van der Waals surface area (Å²) in [6, 6.07) is 5.22. The maximum Gasteiger partial charge on any atom is 0.247 e. The van der Waals surface area contributed by atoms with Crippen molar-refractivity contribution < 1.29 is 14.6 Å². The van der Waals surface area contributed by atoms with Gasteiger partial charge in [0.25, 0.3) is 0 Å². The molecule has 3 N–H and O–H groups in total. The van der Waals surface area contributed by atoms with Crippen molar-refractivity contribution in [2.45, 2.75) is 18.6 Å². The van der Waals surface area contributed by atoms with E-state index in [1.54, 1.807) is 18.2 Å². The third kappa shape index (κ3) is 4.77. The summed E-state index contributed by atoms with van der Waals surface area (Å²) in [6.45, 7) is 1.77. The predicted octanol–water partition coefficient (Wildman–Crippen LogP) is 2.03. The Morgan fingerprint density at radius 2 is 2.15 bits per heavy atom. The minimum absolute atomic E-state index is 0.0246. The zero-order chi connectivity index (χ0) is 19.4. The third-order valence-electron chi connectivity index (χ3n) is 4.22. The van der Waals surface area contributed by atoms with Crippen molar-refractivity contribution in [1.29, 1.82) is 0 Å². The van der Waals surface area contributed by atoms with Crippen LogP contribution in [0.15, 0.2) is 18.2 Å². The van der Waals surface area contributed by atoms with Crippen LogP contribution in [-0.4, -0.2) is 65.9 Å². The van der Waals surface area contributed by atoms with Gasteiger partial charge in [0.15, 0.2) is 5.82 Å². The summed E-state index contributed by atoms with van der Waals surface area (Å²) in [6.07, 6.45) is 0.132. The second kappa shape index (κ2) is 8.99. The molecule has 0 radical (unpaired) electrons. The van der Waals surface area contributed by atoms with Gasteiger partial charge in [0.2, 0.25) is 5.95 Å². The Labute approximate surface area is 167 Å². The van der Waals surface area contributed by atoms with E-state index in [-0.39, 0.29) is 25.1 Å². The molecule has 0 spiro atoms. The molecule has 2 atom stereocenters. The van der Waals surface area contributed by atoms with Gasteiger partial charge in [-0.1, -0.05) is 35.3 Å². The molecule has 1 fully saturated rings. The molecule has 1 saturated heterocycles. The van der Waals surface area contributed by atoms with E-state index in [1.165, 1.54) is 7.11 Å². The largest absolute Gasteiger partial charge is 0.388 e. The first-order valence-corrected chi connectivity index (χ1v) is 9.23. The molecular formula is C17H21Cl2N5O3. The first-order chi connectivity index (χ1) is 13.0. The smallest absolute Gasteiger partial charge is 0.247 e. The second-order valence-corrected chi connectivity index (χ2v) is 7.03. The molecule has 27 heavy (non-hydrogen) atoms. The summed E-state index contributed by atoms with van der Waals surface area (Å²) in [4.78, 5) is 6.31. The lowest BCUT2D eigenvalue weighted by atomic mass is 10.1. The normalized spacial score (nSPS) is 18.1. The summed E-state index contributed by atoms with van der Waals surface area (Å²) >= 11 is 12.3. The quantitative estimate of drug-likeness (QED) is 0.709. The van der Waals surface area contributed by atoms with Gasteiger partial charge in [-0.25, -0.2) is 0 Å². The molecule has 146 valence electrons. The van der Waals surface area contributed by atoms with E-state index in [1.807, 2.05) is 4.90 Å². The number of benzene rings is 1. The first-order valence-electron chi connectivity index (χ1n) is 8.47. The Balaban J connectivity index is 1.67. The van der Waals surface area contributed by atoms with E-state index >= 15 is 0 Å². The molecule has 1 unspecified atom stereocenters. The maximum absolute atomic E-state index is 9.67. The number of aliphatic hydroxyl groups excluding tert-OH is 1. The van der Waals surface area contributed by atoms with Crippen LogP contribution in [0.25, 0.3) is 11.3 Å². The fraction of sp³-hybridized carbons (Fsp3) is 0.471. The lowest BCUT2D eigenvalue weighted by Gasteiger charge is -2.18. The molecule has 2 aromatic rings. The van der Waals surface area contributed by atoms with Crippen molar-refractivity contribution in [3.8, 4) is 11.3 Å². The lowest BCUT2D eigenvalue weighted by molar-refractivity contribution is -0.0298. The summed E-state index contributed by atoms with van der Waals surface area (Å²) in [5, 5.41) is 18.8. The SMILES string of the molecule is COCC(O)CO[C@H]1CCN(c2nnc(-c3cccc(Cl)c3Cl)c(N)n2)C1. The topological polar surface area (TPSA) is 107 Å². The Morgan fingerprint density at radius 3 is 2.89 bits per heavy atom. The van der Waals surface area contributed by atoms with Crippen molar-refractivity contribution in [2.24, 2.45) is 0 Å². The van der Waals surface area contributed by atoms with Crippen molar-refractivity contribution in [1.82, 2.24) is 15.2 Å². The lowest BCUT2D eigenvalue weighted by Crippen LogP contribution is -2.28. The van der Waals surface area contributed by atoms with Crippen LogP contribution in [-0.2, 0) is 9.47 Å². The third-order valence-corrected chi connectivity index (χ3v) is 5.04. The van der Waals surface area contributed by atoms with Gasteiger partial charge in [0, 0.05) is 25.8 Å². The highest BCUT2D eigenvalue weighted by molar-refractivity contribution is 6.43. The van der Waals surface area contributed by atoms with Crippen LogP contribution >= 0.6 is 23.2 Å². The number of methoxy groups -OCH3 is 1. The summed E-state index contributed by atoms with van der Waals surface area (Å²) in [5.41, 5.74) is 7.06. The number of halogens is 2. The molecule has 0 aliphatic carbocycles. The van der Waals surface area contributed by atoms with Gasteiger partial charge >= 0.3 is 0 Å². The zero-order valence-electron chi connectivity index (χ0n) is 14.8. The highest BCUT2D eigenvalue weighted by Crippen LogP contribution is 2.34. The van der Waals surface area contributed by atoms with Crippen LogP contribution < -0.4 is 10.6 Å². The number of hydrogen-bond donors (Lipinski definition) is 2. The maximum atomic E-state index is 9.67. The van der Waals surface area contributed by atoms with Crippen LogP contribution in [0, 0.1) is 0 Å². The number of anilines is 2. The number of nitrogens with two attached hydrogens (primary N) is 1. The van der Waals surface area contributed by atoms with E-state index < -0.39 is 6.10 Å². The van der Waals surface area contributed by atoms with Gasteiger partial charge in [-0.15, -0.1) is 10.2 Å². The van der Waals surface area contributed by atoms with Crippen LogP contribution in [0.1, 0.15) is 6.42 Å². The number of rotatable bonds is 7. The number of nitrogen functional groups attached to an aromatic ring is 1. The minimum atomic E-state index is -0.640. The van der Waals surface area contributed by atoms with Crippen molar-refractivity contribution >= 4 is 35.0 Å². The van der Waals surface area contributed by atoms with Crippen LogP contribution in [0.4, 0.5) is 11.8 Å². The standard InChI is InChI=1S/C17H21Cl2N5O3/c1-26-8-10(25)9-27-11-5-6-24(7-11)17-21-16(20)15(22-23-17)12-3-2-4-13(18)14(12)19/h2-4,10-11,25H,5-9H2,1H3,(H2,20,21,23)/t10?,11-/m0/s1. The molecule has 10 heteroatoms. The van der Waals surface area contributed by atoms with E-state index in [9.17, 15) is 5.11 Å². The average molecular weight is 414 g/mol. The van der Waals surface area contributed by atoms with Gasteiger partial charge in [-0.05, 0) is 12.5 Å². The van der Waals surface area contributed by atoms with Gasteiger partial charge in [0.1, 0.15) is 11.8 Å². The Bertz CT molecular complexity index is 795. The Morgan fingerprint density at radius 1 is 1.33 bits per heavy atom. The fourth-order valence-electron chi connectivity index (χ4n) is 2.88. The molecule has 8 nitrogen and oxygen atoms in total. The van der Waals surface area contributed by atoms with Gasteiger partial charge in [-0.2, -0.15) is 4.98 Å². The molecule has 1 aliphatic heterocycles. The number of hydrogen-bond acceptors (Lipinski definition) is 8. The number of aromatic nitrogens is 3. The van der Waals surface area contributed by atoms with Crippen molar-refractivity contribution in [3.05, 3.63) is 28.2 Å². The van der Waals surface area contributed by atoms with Crippen LogP contribution in [0.5, 0.6) is 0 Å². The average Bonchev–Trinajstić information content (AvgIpc) is 3.12. The highest BCUT2D eigenvalue weighted by Gasteiger charge is 2.27. The minimum Gasteiger partial charge on any atom is -0.388 e. The van der Waals surface area contributed by atoms with Crippen molar-refractivity contribution in [3.63, 3.8) is 0 Å². The van der Waals surface area contributed by atoms with E-state index in [4.69, 9.17) is 38.4 Å². The number of nitrogens with zero attached hydrogens (tertiary/aromatic N) is 4. The molecule has 0 saturated carbocycles. The number of ether oxygens (including phenoxy) is 2.